The van der Waals surface area contributed by atoms with E-state index in [1.165, 1.54) is 17.6 Å². The molecule has 0 unspecified atom stereocenters. The van der Waals surface area contributed by atoms with Crippen LogP contribution in [0.5, 0.6) is 11.5 Å². The van der Waals surface area contributed by atoms with Gasteiger partial charge in [-0.2, -0.15) is 0 Å². The normalized spacial score (nSPS) is 26.5. The second-order valence-corrected chi connectivity index (χ2v) is 12.6. The Balaban J connectivity index is 1.26. The number of nitrogens with zero attached hydrogens (tertiary/aromatic N) is 1. The zero-order chi connectivity index (χ0) is 29.2. The molecule has 2 saturated heterocycles. The number of phenols is 1. The van der Waals surface area contributed by atoms with Gasteiger partial charge in [-0.15, -0.1) is 0 Å². The highest BCUT2D eigenvalue weighted by Gasteiger charge is 2.58. The summed E-state index contributed by atoms with van der Waals surface area (Å²) in [5, 5.41) is 10.3. The smallest absolute Gasteiger partial charge is 0.234 e. The third-order valence-corrected chi connectivity index (χ3v) is 9.99. The number of allylic oxidation sites excluding steroid dienone is 1. The Morgan fingerprint density at radius 2 is 1.86 bits per heavy atom. The monoisotopic (exact) mass is 589 g/mol. The molecule has 0 bridgehead atoms. The van der Waals surface area contributed by atoms with Gasteiger partial charge in [0.15, 0.2) is 0 Å². The van der Waals surface area contributed by atoms with Gasteiger partial charge in [0.2, 0.25) is 11.8 Å². The van der Waals surface area contributed by atoms with Crippen LogP contribution in [0.1, 0.15) is 70.3 Å². The number of imide groups is 1. The van der Waals surface area contributed by atoms with Crippen LogP contribution in [0, 0.1) is 17.8 Å². The van der Waals surface area contributed by atoms with Crippen LogP contribution >= 0.6 is 11.6 Å². The Morgan fingerprint density at radius 1 is 1.07 bits per heavy atom. The fourth-order valence-corrected chi connectivity index (χ4v) is 7.77. The third-order valence-electron chi connectivity index (χ3n) is 9.66. The number of rotatable bonds is 9. The van der Waals surface area contributed by atoms with Gasteiger partial charge >= 0.3 is 0 Å². The number of para-hydroxylation sites is 1. The first kappa shape index (κ1) is 29.0. The fraction of sp³-hybridized carbons (Fsp3) is 0.486. The Morgan fingerprint density at radius 3 is 2.60 bits per heavy atom. The summed E-state index contributed by atoms with van der Waals surface area (Å²) >= 11 is 6.38. The highest BCUT2D eigenvalue weighted by Crippen LogP contribution is 2.51. The van der Waals surface area contributed by atoms with Crippen LogP contribution in [0.15, 0.2) is 65.3 Å². The third kappa shape index (κ3) is 5.76. The van der Waals surface area contributed by atoms with E-state index in [1.54, 1.807) is 17.0 Å². The molecular weight excluding hydrogens is 550 g/mol. The van der Waals surface area contributed by atoms with Gasteiger partial charge in [0, 0.05) is 12.0 Å². The van der Waals surface area contributed by atoms with Crippen LogP contribution in [0.3, 0.4) is 0 Å². The highest BCUT2D eigenvalue weighted by molar-refractivity contribution is 6.32. The predicted molar refractivity (Wildman–Crippen MR) is 163 cm³/mol. The molecule has 0 aromatic heterocycles. The molecule has 1 saturated carbocycles. The Bertz CT molecular complexity index is 1380. The second-order valence-electron chi connectivity index (χ2n) is 12.2. The van der Waals surface area contributed by atoms with E-state index in [2.05, 4.69) is 13.0 Å². The first-order chi connectivity index (χ1) is 20.4. The van der Waals surface area contributed by atoms with Crippen molar-refractivity contribution in [1.29, 1.82) is 0 Å². The molecule has 4 aliphatic rings. The molecular formula is C35H40ClNO5. The van der Waals surface area contributed by atoms with Crippen LogP contribution in [0.2, 0.25) is 5.02 Å². The number of carbonyl (C=O) groups is 2. The molecule has 42 heavy (non-hydrogen) atoms. The first-order valence-electron chi connectivity index (χ1n) is 15.5. The Labute approximate surface area is 253 Å². The first-order valence-corrected chi connectivity index (χ1v) is 15.9. The van der Waals surface area contributed by atoms with Crippen molar-refractivity contribution in [2.24, 2.45) is 17.8 Å². The highest BCUT2D eigenvalue weighted by atomic mass is 35.5. The summed E-state index contributed by atoms with van der Waals surface area (Å²) in [6.07, 6.45) is 10.2. The molecule has 4 atom stereocenters. The molecule has 6 nitrogen and oxygen atoms in total. The number of hydrogen-bond acceptors (Lipinski definition) is 5. The summed E-state index contributed by atoms with van der Waals surface area (Å²) in [7, 11) is 0. The molecule has 2 aromatic carbocycles. The van der Waals surface area contributed by atoms with Gasteiger partial charge in [-0.3, -0.25) is 14.5 Å². The van der Waals surface area contributed by atoms with Gasteiger partial charge < -0.3 is 14.6 Å². The van der Waals surface area contributed by atoms with Crippen LogP contribution in [0.25, 0.3) is 6.08 Å². The van der Waals surface area contributed by atoms with E-state index < -0.39 is 0 Å². The van der Waals surface area contributed by atoms with Gasteiger partial charge in [-0.25, -0.2) is 0 Å². The summed E-state index contributed by atoms with van der Waals surface area (Å²) in [6, 6.07) is 14.8. The topological polar surface area (TPSA) is 76.1 Å². The fourth-order valence-electron chi connectivity index (χ4n) is 7.54. The maximum atomic E-state index is 13.9. The SMILES string of the molecule is CC/C(=C\c1ccc(O)cc1Cl)CC[C@H]1OC[C@H]2C1=C(COc1ccccc1)C[C@H]1C(=O)N(C3CCCCC3)C(=O)[C@H]12. The quantitative estimate of drug-likeness (QED) is 0.244. The minimum Gasteiger partial charge on any atom is -0.508 e. The van der Waals surface area contributed by atoms with Gasteiger partial charge in [0.1, 0.15) is 18.1 Å². The van der Waals surface area contributed by atoms with E-state index in [0.29, 0.717) is 24.7 Å². The standard InChI is InChI=1S/C35H40ClNO5/c1-2-22(17-23-14-15-26(38)19-30(23)36)13-16-31-32-24(20-41-27-11-7-4-8-12-27)18-28-33(29(32)21-42-31)35(40)37(34(28)39)25-9-5-3-6-10-25/h4,7-8,11-12,14-15,17,19,25,28-29,31,33,38H,2-3,5-6,9-10,13,16,18,20-21H2,1H3/b22-17+/t28-,29+,31-,33-/m1/s1. The maximum Gasteiger partial charge on any atom is 0.234 e. The van der Waals surface area contributed by atoms with Crippen molar-refractivity contribution in [2.45, 2.75) is 76.9 Å². The lowest BCUT2D eigenvalue weighted by Gasteiger charge is -2.32. The van der Waals surface area contributed by atoms with Crippen LogP contribution in [-0.2, 0) is 14.3 Å². The van der Waals surface area contributed by atoms with E-state index in [9.17, 15) is 14.7 Å². The minimum atomic E-state index is -0.336. The number of carbonyl (C=O) groups excluding carboxylic acids is 2. The number of phenolic OH excluding ortho intramolecular Hbond substituents is 1. The summed E-state index contributed by atoms with van der Waals surface area (Å²) < 4.78 is 12.7. The molecule has 2 aromatic rings. The van der Waals surface area contributed by atoms with Crippen molar-refractivity contribution in [3.63, 3.8) is 0 Å². The average Bonchev–Trinajstić information content (AvgIpc) is 3.54. The van der Waals surface area contributed by atoms with E-state index in [4.69, 9.17) is 21.1 Å². The molecule has 3 fully saturated rings. The number of halogens is 1. The lowest BCUT2D eigenvalue weighted by atomic mass is 9.69. The Hall–Kier alpha value is -3.09. The summed E-state index contributed by atoms with van der Waals surface area (Å²) in [5.41, 5.74) is 4.41. The van der Waals surface area contributed by atoms with Crippen LogP contribution < -0.4 is 4.74 Å². The predicted octanol–water partition coefficient (Wildman–Crippen LogP) is 7.35. The molecule has 6 rings (SSSR count). The van der Waals surface area contributed by atoms with Gasteiger partial charge in [-0.05, 0) is 85.6 Å². The maximum absolute atomic E-state index is 13.9. The molecule has 0 radical (unpaired) electrons. The molecule has 2 aliphatic carbocycles. The molecule has 1 N–H and O–H groups in total. The van der Waals surface area contributed by atoms with Crippen molar-refractivity contribution in [2.75, 3.05) is 13.2 Å². The van der Waals surface area contributed by atoms with Crippen molar-refractivity contribution in [3.05, 3.63) is 75.8 Å². The Kier molecular flexibility index (Phi) is 8.73. The zero-order valence-electron chi connectivity index (χ0n) is 24.3. The largest absolute Gasteiger partial charge is 0.508 e. The lowest BCUT2D eigenvalue weighted by molar-refractivity contribution is -0.143. The van der Waals surface area contributed by atoms with Crippen molar-refractivity contribution >= 4 is 29.5 Å². The number of aromatic hydroxyl groups is 1. The van der Waals surface area contributed by atoms with E-state index in [1.807, 2.05) is 36.4 Å². The van der Waals surface area contributed by atoms with E-state index in [-0.39, 0.29) is 47.5 Å². The van der Waals surface area contributed by atoms with E-state index >= 15 is 0 Å². The number of fused-ring (bicyclic) bond motifs is 3. The number of amides is 2. The molecule has 7 heteroatoms. The molecule has 0 spiro atoms. The van der Waals surface area contributed by atoms with Crippen LogP contribution in [-0.4, -0.2) is 47.2 Å². The number of hydrogen-bond donors (Lipinski definition) is 1. The van der Waals surface area contributed by atoms with Crippen molar-refractivity contribution in [3.8, 4) is 11.5 Å². The summed E-state index contributed by atoms with van der Waals surface area (Å²) in [5.74, 6) is 0.217. The number of benzene rings is 2. The van der Waals surface area contributed by atoms with E-state index in [0.717, 1.165) is 61.8 Å². The number of ether oxygens (including phenoxy) is 2. The van der Waals surface area contributed by atoms with Crippen molar-refractivity contribution in [1.82, 2.24) is 4.90 Å². The molecule has 222 valence electrons. The van der Waals surface area contributed by atoms with Gasteiger partial charge in [0.05, 0.1) is 29.6 Å². The number of likely N-dealkylation sites (tertiary alicyclic amines) is 1. The summed E-state index contributed by atoms with van der Waals surface area (Å²) in [4.78, 5) is 29.3. The summed E-state index contributed by atoms with van der Waals surface area (Å²) in [6.45, 7) is 2.98. The molecule has 2 aliphatic heterocycles. The van der Waals surface area contributed by atoms with Gasteiger partial charge in [-0.1, -0.05) is 67.6 Å². The van der Waals surface area contributed by atoms with Crippen molar-refractivity contribution < 1.29 is 24.2 Å². The molecule has 2 amide bonds. The average molecular weight is 590 g/mol. The lowest BCUT2D eigenvalue weighted by Crippen LogP contribution is -2.42. The van der Waals surface area contributed by atoms with Crippen LogP contribution in [0.4, 0.5) is 0 Å². The second kappa shape index (κ2) is 12.6. The zero-order valence-corrected chi connectivity index (χ0v) is 25.0. The van der Waals surface area contributed by atoms with Gasteiger partial charge in [0.25, 0.3) is 0 Å². The minimum absolute atomic E-state index is 0.0126. The molecule has 2 heterocycles.